The van der Waals surface area contributed by atoms with Crippen LogP contribution in [0.25, 0.3) is 10.9 Å². The van der Waals surface area contributed by atoms with Crippen molar-refractivity contribution in [2.24, 2.45) is 0 Å². The molecule has 1 aromatic heterocycles. The van der Waals surface area contributed by atoms with Gasteiger partial charge in [0.25, 0.3) is 5.69 Å². The molecule has 3 rings (SSSR count). The summed E-state index contributed by atoms with van der Waals surface area (Å²) < 4.78 is 23.4. The summed E-state index contributed by atoms with van der Waals surface area (Å²) in [6, 6.07) is 11.9. The highest BCUT2D eigenvalue weighted by Crippen LogP contribution is 2.32. The van der Waals surface area contributed by atoms with Gasteiger partial charge in [-0.3, -0.25) is 10.1 Å². The summed E-state index contributed by atoms with van der Waals surface area (Å²) in [7, 11) is -3.51. The molecule has 0 atom stereocenters. The highest BCUT2D eigenvalue weighted by molar-refractivity contribution is 7.90. The largest absolute Gasteiger partial charge is 0.362 e. The molecule has 0 fully saturated rings. The van der Waals surface area contributed by atoms with Crippen LogP contribution in [-0.2, 0) is 16.4 Å². The number of hydrogen-bond acceptors (Lipinski definition) is 5. The summed E-state index contributed by atoms with van der Waals surface area (Å²) in [6.45, 7) is 2.92. The van der Waals surface area contributed by atoms with Gasteiger partial charge in [0.15, 0.2) is 9.84 Å². The van der Waals surface area contributed by atoms with E-state index in [0.717, 1.165) is 28.8 Å². The lowest BCUT2D eigenvalue weighted by molar-refractivity contribution is -0.384. The van der Waals surface area contributed by atoms with Crippen LogP contribution < -0.4 is 4.90 Å². The van der Waals surface area contributed by atoms with Gasteiger partial charge in [-0.15, -0.1) is 0 Å². The van der Waals surface area contributed by atoms with E-state index in [9.17, 15) is 18.5 Å². The maximum atomic E-state index is 11.7. The van der Waals surface area contributed by atoms with Crippen molar-refractivity contribution in [1.82, 2.24) is 4.98 Å². The summed E-state index contributed by atoms with van der Waals surface area (Å²) in [5.41, 5.74) is 2.20. The quantitative estimate of drug-likeness (QED) is 0.527. The molecule has 7 nitrogen and oxygen atoms in total. The Labute approximate surface area is 151 Å². The number of anilines is 1. The Morgan fingerprint density at radius 1 is 1.19 bits per heavy atom. The number of rotatable bonds is 6. The highest BCUT2D eigenvalue weighted by Gasteiger charge is 2.22. The molecule has 0 bridgehead atoms. The predicted molar refractivity (Wildman–Crippen MR) is 101 cm³/mol. The molecule has 0 saturated carbocycles. The van der Waals surface area contributed by atoms with E-state index in [0.29, 0.717) is 18.8 Å². The molecule has 0 unspecified atom stereocenters. The Morgan fingerprint density at radius 3 is 2.58 bits per heavy atom. The Bertz CT molecular complexity index is 1070. The van der Waals surface area contributed by atoms with Crippen LogP contribution in [-0.4, -0.2) is 31.1 Å². The van der Waals surface area contributed by atoms with E-state index < -0.39 is 14.8 Å². The SMILES string of the molecule is CCN(Cc1c[nH]c2ccccc12)c1ccc(S(C)(=O)=O)cc1[N+](=O)[O-]. The fourth-order valence-corrected chi connectivity index (χ4v) is 3.62. The number of nitrogens with one attached hydrogen (secondary N) is 1. The molecule has 8 heteroatoms. The molecule has 0 aliphatic rings. The van der Waals surface area contributed by atoms with Crippen LogP contribution in [0.15, 0.2) is 53.6 Å². The number of benzene rings is 2. The van der Waals surface area contributed by atoms with Crippen LogP contribution in [0.1, 0.15) is 12.5 Å². The zero-order chi connectivity index (χ0) is 18.9. The molecule has 1 heterocycles. The number of aromatic nitrogens is 1. The van der Waals surface area contributed by atoms with E-state index in [2.05, 4.69) is 4.98 Å². The van der Waals surface area contributed by atoms with Crippen LogP contribution in [0, 0.1) is 10.1 Å². The smallest absolute Gasteiger partial charge is 0.293 e. The lowest BCUT2D eigenvalue weighted by Crippen LogP contribution is -2.23. The summed E-state index contributed by atoms with van der Waals surface area (Å²) in [5.74, 6) is 0. The maximum Gasteiger partial charge on any atom is 0.293 e. The molecular formula is C18H19N3O4S. The Hall–Kier alpha value is -2.87. The van der Waals surface area contributed by atoms with E-state index in [1.807, 2.05) is 42.3 Å². The average molecular weight is 373 g/mol. The zero-order valence-electron chi connectivity index (χ0n) is 14.5. The highest BCUT2D eigenvalue weighted by atomic mass is 32.2. The number of nitro groups is 1. The summed E-state index contributed by atoms with van der Waals surface area (Å²) in [5, 5.41) is 12.6. The Kier molecular flexibility index (Phi) is 4.69. The molecule has 0 spiro atoms. The molecule has 0 amide bonds. The van der Waals surface area contributed by atoms with Gasteiger partial charge in [0.05, 0.1) is 9.82 Å². The van der Waals surface area contributed by atoms with E-state index in [1.165, 1.54) is 12.1 Å². The van der Waals surface area contributed by atoms with E-state index in [4.69, 9.17) is 0 Å². The molecule has 136 valence electrons. The molecule has 26 heavy (non-hydrogen) atoms. The van der Waals surface area contributed by atoms with Crippen molar-refractivity contribution >= 4 is 32.1 Å². The standard InChI is InChI=1S/C18H19N3O4S/c1-3-20(12-13-11-19-16-7-5-4-6-15(13)16)17-9-8-14(26(2,24)25)10-18(17)21(22)23/h4-11,19H,3,12H2,1-2H3. The van der Waals surface area contributed by atoms with Crippen molar-refractivity contribution in [2.75, 3.05) is 17.7 Å². The van der Waals surface area contributed by atoms with Crippen LogP contribution in [0.5, 0.6) is 0 Å². The summed E-state index contributed by atoms with van der Waals surface area (Å²) >= 11 is 0. The number of fused-ring (bicyclic) bond motifs is 1. The van der Waals surface area contributed by atoms with Gasteiger partial charge in [0.2, 0.25) is 0 Å². The van der Waals surface area contributed by atoms with E-state index >= 15 is 0 Å². The van der Waals surface area contributed by atoms with Gasteiger partial charge < -0.3 is 9.88 Å². The number of hydrogen-bond donors (Lipinski definition) is 1. The second kappa shape index (κ2) is 6.80. The third kappa shape index (κ3) is 3.41. The monoisotopic (exact) mass is 373 g/mol. The lowest BCUT2D eigenvalue weighted by atomic mass is 10.1. The third-order valence-electron chi connectivity index (χ3n) is 4.33. The first-order chi connectivity index (χ1) is 12.3. The molecule has 0 aliphatic heterocycles. The number of nitro benzene ring substituents is 1. The van der Waals surface area contributed by atoms with Crippen LogP contribution in [0.4, 0.5) is 11.4 Å². The van der Waals surface area contributed by atoms with Gasteiger partial charge in [-0.25, -0.2) is 8.42 Å². The Balaban J connectivity index is 2.03. The number of H-pyrrole nitrogens is 1. The van der Waals surface area contributed by atoms with Gasteiger partial charge in [-0.05, 0) is 30.7 Å². The first kappa shape index (κ1) is 17.9. The first-order valence-corrected chi connectivity index (χ1v) is 9.99. The van der Waals surface area contributed by atoms with Crippen molar-refractivity contribution in [2.45, 2.75) is 18.4 Å². The molecule has 3 aromatic rings. The number of nitrogens with zero attached hydrogens (tertiary/aromatic N) is 2. The van der Waals surface area contributed by atoms with Crippen LogP contribution >= 0.6 is 0 Å². The normalized spacial score (nSPS) is 11.6. The number of para-hydroxylation sites is 1. The predicted octanol–water partition coefficient (Wildman–Crippen LogP) is 3.51. The number of aromatic amines is 1. The Morgan fingerprint density at radius 2 is 1.92 bits per heavy atom. The van der Waals surface area contributed by atoms with Crippen molar-refractivity contribution in [3.63, 3.8) is 0 Å². The van der Waals surface area contributed by atoms with Crippen LogP contribution in [0.2, 0.25) is 0 Å². The molecule has 0 saturated heterocycles. The maximum absolute atomic E-state index is 11.7. The van der Waals surface area contributed by atoms with Gasteiger partial charge in [0.1, 0.15) is 5.69 Å². The van der Waals surface area contributed by atoms with Crippen molar-refractivity contribution in [1.29, 1.82) is 0 Å². The van der Waals surface area contributed by atoms with Crippen molar-refractivity contribution in [3.05, 3.63) is 64.3 Å². The molecule has 2 aromatic carbocycles. The van der Waals surface area contributed by atoms with E-state index in [1.54, 1.807) is 0 Å². The third-order valence-corrected chi connectivity index (χ3v) is 5.44. The minimum Gasteiger partial charge on any atom is -0.362 e. The summed E-state index contributed by atoms with van der Waals surface area (Å²) in [4.78, 5) is 16.0. The van der Waals surface area contributed by atoms with Gasteiger partial charge in [0, 0.05) is 42.5 Å². The fraction of sp³-hybridized carbons (Fsp3) is 0.222. The molecule has 0 radical (unpaired) electrons. The zero-order valence-corrected chi connectivity index (χ0v) is 15.3. The fourth-order valence-electron chi connectivity index (χ4n) is 2.98. The average Bonchev–Trinajstić information content (AvgIpc) is 3.01. The topological polar surface area (TPSA) is 96.3 Å². The second-order valence-corrected chi connectivity index (χ2v) is 8.07. The summed E-state index contributed by atoms with van der Waals surface area (Å²) in [6.07, 6.45) is 2.93. The van der Waals surface area contributed by atoms with E-state index in [-0.39, 0.29) is 10.6 Å². The van der Waals surface area contributed by atoms with Gasteiger partial charge in [-0.1, -0.05) is 18.2 Å². The number of sulfone groups is 1. The first-order valence-electron chi connectivity index (χ1n) is 8.09. The minimum atomic E-state index is -3.51. The molecule has 1 N–H and O–H groups in total. The van der Waals surface area contributed by atoms with Crippen molar-refractivity contribution in [3.8, 4) is 0 Å². The molecular weight excluding hydrogens is 354 g/mol. The minimum absolute atomic E-state index is 0.0592. The van der Waals surface area contributed by atoms with Gasteiger partial charge in [-0.2, -0.15) is 0 Å². The molecule has 0 aliphatic carbocycles. The van der Waals surface area contributed by atoms with Crippen molar-refractivity contribution < 1.29 is 13.3 Å². The van der Waals surface area contributed by atoms with Gasteiger partial charge >= 0.3 is 0 Å². The second-order valence-electron chi connectivity index (χ2n) is 6.05. The lowest BCUT2D eigenvalue weighted by Gasteiger charge is -2.23. The van der Waals surface area contributed by atoms with Crippen LogP contribution in [0.3, 0.4) is 0 Å².